The van der Waals surface area contributed by atoms with E-state index in [1.54, 1.807) is 4.57 Å². The number of carbonyl (C=O) groups excluding carboxylic acids is 1. The molecule has 14 nitrogen and oxygen atoms in total. The topological polar surface area (TPSA) is 213 Å². The van der Waals surface area contributed by atoms with Crippen LogP contribution < -0.4 is 22.3 Å². The van der Waals surface area contributed by atoms with E-state index < -0.39 is 18.1 Å². The molecule has 14 heteroatoms. The van der Waals surface area contributed by atoms with Gasteiger partial charge in [-0.2, -0.15) is 0 Å². The fraction of sp³-hybridized carbons (Fsp3) is 0.500. The summed E-state index contributed by atoms with van der Waals surface area (Å²) >= 11 is 0. The van der Waals surface area contributed by atoms with Crippen LogP contribution in [0.1, 0.15) is 12.8 Å². The van der Waals surface area contributed by atoms with Gasteiger partial charge >= 0.3 is 12.1 Å². The first-order chi connectivity index (χ1) is 14.4. The van der Waals surface area contributed by atoms with Crippen LogP contribution in [0, 0.1) is 0 Å². The number of aromatic amines is 1. The molecule has 2 heterocycles. The van der Waals surface area contributed by atoms with Gasteiger partial charge in [0.2, 0.25) is 0 Å². The zero-order valence-corrected chi connectivity index (χ0v) is 16.1. The van der Waals surface area contributed by atoms with Gasteiger partial charge in [0.1, 0.15) is 12.6 Å². The molecule has 0 saturated carbocycles. The van der Waals surface area contributed by atoms with Crippen LogP contribution in [-0.4, -0.2) is 75.1 Å². The molecule has 2 aromatic rings. The van der Waals surface area contributed by atoms with E-state index >= 15 is 0 Å². The van der Waals surface area contributed by atoms with Gasteiger partial charge in [-0.3, -0.25) is 9.79 Å². The summed E-state index contributed by atoms with van der Waals surface area (Å²) in [6, 6.07) is -1.11. The number of nitrogens with one attached hydrogen (secondary N) is 2. The van der Waals surface area contributed by atoms with Gasteiger partial charge in [0.25, 0.3) is 5.56 Å². The fourth-order valence-corrected chi connectivity index (χ4v) is 2.46. The minimum absolute atomic E-state index is 0.0607. The molecule has 1 atom stereocenters. The Morgan fingerprint density at radius 2 is 2.10 bits per heavy atom. The number of rotatable bonds is 12. The number of aromatic nitrogens is 4. The number of guanidine groups is 1. The van der Waals surface area contributed by atoms with Gasteiger partial charge in [-0.05, 0) is 12.8 Å². The molecule has 2 rings (SSSR count). The number of aliphatic carboxylic acids is 1. The first kappa shape index (κ1) is 22.6. The number of fused-ring (bicyclic) bond motifs is 1. The number of aliphatic imine (C=N–C) groups is 1. The highest BCUT2D eigenvalue weighted by atomic mass is 16.6. The van der Waals surface area contributed by atoms with Gasteiger partial charge in [-0.25, -0.2) is 19.6 Å². The first-order valence-electron chi connectivity index (χ1n) is 9.06. The van der Waals surface area contributed by atoms with E-state index in [4.69, 9.17) is 26.0 Å². The number of hydrogen-bond donors (Lipinski definition) is 5. The summed E-state index contributed by atoms with van der Waals surface area (Å²) < 4.78 is 11.9. The Kier molecular flexibility index (Phi) is 8.56. The van der Waals surface area contributed by atoms with Crippen LogP contribution in [0.2, 0.25) is 0 Å². The van der Waals surface area contributed by atoms with Crippen molar-refractivity contribution in [3.63, 3.8) is 0 Å². The Morgan fingerprint density at radius 3 is 2.83 bits per heavy atom. The third-order valence-electron chi connectivity index (χ3n) is 3.88. The lowest BCUT2D eigenvalue weighted by molar-refractivity contribution is -0.139. The molecule has 0 aliphatic carbocycles. The molecule has 7 N–H and O–H groups in total. The van der Waals surface area contributed by atoms with Crippen molar-refractivity contribution in [2.75, 3.05) is 26.4 Å². The Morgan fingerprint density at radius 1 is 1.30 bits per heavy atom. The minimum atomic E-state index is -1.19. The van der Waals surface area contributed by atoms with E-state index in [1.165, 1.54) is 12.7 Å². The van der Waals surface area contributed by atoms with Crippen molar-refractivity contribution < 1.29 is 24.2 Å². The van der Waals surface area contributed by atoms with Crippen molar-refractivity contribution in [2.24, 2.45) is 16.5 Å². The highest BCUT2D eigenvalue weighted by Crippen LogP contribution is 2.03. The van der Waals surface area contributed by atoms with E-state index in [0.717, 1.165) is 0 Å². The molecule has 0 radical (unpaired) electrons. The number of carbonyl (C=O) groups is 2. The summed E-state index contributed by atoms with van der Waals surface area (Å²) in [6.45, 7) is 0.974. The third-order valence-corrected chi connectivity index (χ3v) is 3.88. The Bertz CT molecular complexity index is 935. The van der Waals surface area contributed by atoms with Crippen LogP contribution in [0.3, 0.4) is 0 Å². The predicted molar refractivity (Wildman–Crippen MR) is 105 cm³/mol. The van der Waals surface area contributed by atoms with Crippen molar-refractivity contribution in [2.45, 2.75) is 25.4 Å². The van der Waals surface area contributed by atoms with E-state index in [1.807, 2.05) is 0 Å². The second-order valence-corrected chi connectivity index (χ2v) is 6.07. The molecule has 0 unspecified atom stereocenters. The van der Waals surface area contributed by atoms with Crippen LogP contribution in [0.4, 0.5) is 4.79 Å². The Hall–Kier alpha value is -3.68. The van der Waals surface area contributed by atoms with Crippen LogP contribution >= 0.6 is 0 Å². The number of nitrogens with two attached hydrogens (primary N) is 2. The van der Waals surface area contributed by atoms with Gasteiger partial charge in [0.15, 0.2) is 17.1 Å². The van der Waals surface area contributed by atoms with E-state index in [-0.39, 0.29) is 49.8 Å². The van der Waals surface area contributed by atoms with Gasteiger partial charge < -0.3 is 40.9 Å². The lowest BCUT2D eigenvalue weighted by Crippen LogP contribution is -2.41. The molecule has 164 valence electrons. The Balaban J connectivity index is 1.63. The molecule has 2 aromatic heterocycles. The number of alkyl carbamates (subject to hydrolysis) is 1. The second-order valence-electron chi connectivity index (χ2n) is 6.07. The monoisotopic (exact) mass is 424 g/mol. The quantitative estimate of drug-likeness (QED) is 0.149. The molecular formula is C16H24N8O6. The van der Waals surface area contributed by atoms with E-state index in [2.05, 4.69) is 25.3 Å². The van der Waals surface area contributed by atoms with Crippen molar-refractivity contribution >= 4 is 29.2 Å². The highest BCUT2D eigenvalue weighted by molar-refractivity contribution is 5.79. The third kappa shape index (κ3) is 7.05. The first-order valence-corrected chi connectivity index (χ1v) is 9.06. The summed E-state index contributed by atoms with van der Waals surface area (Å²) in [5.74, 6) is -1.27. The SMILES string of the molecule is NC(N)=NCCC[C@H](NC(=O)OCCOCCn1cnc2c(=O)[nH]cnc21)C(=O)O. The van der Waals surface area contributed by atoms with Crippen LogP contribution in [-0.2, 0) is 20.8 Å². The summed E-state index contributed by atoms with van der Waals surface area (Å²) in [5.41, 5.74) is 10.7. The zero-order chi connectivity index (χ0) is 21.9. The molecule has 0 bridgehead atoms. The highest BCUT2D eigenvalue weighted by Gasteiger charge is 2.20. The number of carboxylic acid groups (broad SMARTS) is 1. The summed E-state index contributed by atoms with van der Waals surface area (Å²) in [6.07, 6.45) is 2.44. The van der Waals surface area contributed by atoms with Crippen LogP contribution in [0.15, 0.2) is 22.4 Å². The van der Waals surface area contributed by atoms with Crippen LogP contribution in [0.5, 0.6) is 0 Å². The number of imidazole rings is 1. The van der Waals surface area contributed by atoms with Gasteiger partial charge in [-0.15, -0.1) is 0 Å². The second kappa shape index (κ2) is 11.4. The normalized spacial score (nSPS) is 11.7. The average molecular weight is 424 g/mol. The number of H-pyrrole nitrogens is 1. The molecule has 0 saturated heterocycles. The van der Waals surface area contributed by atoms with Gasteiger partial charge in [-0.1, -0.05) is 0 Å². The summed E-state index contributed by atoms with van der Waals surface area (Å²) in [5, 5.41) is 11.4. The van der Waals surface area contributed by atoms with Crippen molar-refractivity contribution in [1.82, 2.24) is 24.8 Å². The smallest absolute Gasteiger partial charge is 0.407 e. The standard InChI is InChI=1S/C16H24N8O6/c17-15(18)19-3-1-2-10(14(26)27)23-16(28)30-7-6-29-5-4-24-9-22-11-12(24)20-8-21-13(11)25/h8-10H,1-7H2,(H,23,28)(H,26,27)(H4,17,18,19)(H,20,21,25)/t10-/m0/s1. The molecule has 0 fully saturated rings. The molecular weight excluding hydrogens is 400 g/mol. The number of nitrogens with zero attached hydrogens (tertiary/aromatic N) is 4. The lowest BCUT2D eigenvalue weighted by atomic mass is 10.1. The predicted octanol–water partition coefficient (Wildman–Crippen LogP) is -1.63. The maximum absolute atomic E-state index is 11.7. The minimum Gasteiger partial charge on any atom is -0.480 e. The van der Waals surface area contributed by atoms with Crippen molar-refractivity contribution in [3.8, 4) is 0 Å². The number of carboxylic acids is 1. The van der Waals surface area contributed by atoms with Gasteiger partial charge in [0, 0.05) is 13.1 Å². The maximum atomic E-state index is 11.7. The largest absolute Gasteiger partial charge is 0.480 e. The van der Waals surface area contributed by atoms with Gasteiger partial charge in [0.05, 0.1) is 25.9 Å². The number of amides is 1. The number of ether oxygens (including phenoxy) is 2. The van der Waals surface area contributed by atoms with Crippen molar-refractivity contribution in [1.29, 1.82) is 0 Å². The lowest BCUT2D eigenvalue weighted by Gasteiger charge is -2.14. The maximum Gasteiger partial charge on any atom is 0.407 e. The molecule has 30 heavy (non-hydrogen) atoms. The zero-order valence-electron chi connectivity index (χ0n) is 16.1. The molecule has 0 aliphatic rings. The molecule has 1 amide bonds. The van der Waals surface area contributed by atoms with Crippen molar-refractivity contribution in [3.05, 3.63) is 23.0 Å². The molecule has 0 spiro atoms. The average Bonchev–Trinajstić information content (AvgIpc) is 3.11. The fourth-order valence-electron chi connectivity index (χ4n) is 2.46. The molecule has 0 aliphatic heterocycles. The van der Waals surface area contributed by atoms with E-state index in [9.17, 15) is 14.4 Å². The number of hydrogen-bond acceptors (Lipinski definition) is 8. The Labute approximate surface area is 170 Å². The summed E-state index contributed by atoms with van der Waals surface area (Å²) in [7, 11) is 0. The van der Waals surface area contributed by atoms with E-state index in [0.29, 0.717) is 18.6 Å². The summed E-state index contributed by atoms with van der Waals surface area (Å²) in [4.78, 5) is 48.7. The molecule has 0 aromatic carbocycles. The van der Waals surface area contributed by atoms with Crippen LogP contribution in [0.25, 0.3) is 11.2 Å².